The van der Waals surface area contributed by atoms with Crippen molar-refractivity contribution in [3.63, 3.8) is 0 Å². The lowest BCUT2D eigenvalue weighted by Crippen LogP contribution is -2.15. The molecule has 2 aromatic heterocycles. The van der Waals surface area contributed by atoms with Crippen LogP contribution < -0.4 is 0 Å². The molecule has 0 saturated carbocycles. The summed E-state index contributed by atoms with van der Waals surface area (Å²) in [6.45, 7) is 0. The van der Waals surface area contributed by atoms with Crippen molar-refractivity contribution in [3.8, 4) is 11.8 Å². The van der Waals surface area contributed by atoms with Gasteiger partial charge in [-0.05, 0) is 18.2 Å². The minimum absolute atomic E-state index is 0.0215. The van der Waals surface area contributed by atoms with Crippen LogP contribution in [0.25, 0.3) is 5.69 Å². The molecule has 0 spiro atoms. The van der Waals surface area contributed by atoms with E-state index in [1.54, 1.807) is 6.07 Å². The van der Waals surface area contributed by atoms with Crippen molar-refractivity contribution in [2.45, 2.75) is 12.1 Å². The molecule has 0 aliphatic rings. The lowest BCUT2D eigenvalue weighted by molar-refractivity contribution is -0.384. The maximum atomic E-state index is 12.8. The Hall–Kier alpha value is -3.85. The van der Waals surface area contributed by atoms with Crippen LogP contribution >= 0.6 is 11.6 Å². The van der Waals surface area contributed by atoms with Gasteiger partial charge in [0.15, 0.2) is 11.7 Å². The van der Waals surface area contributed by atoms with Crippen LogP contribution in [0.4, 0.5) is 18.9 Å². The SMILES string of the molecule is N#CC(C(=O)c1ccc(-n2cncn2)c([N+](=O)[O-])c1)c1ncc(C(F)(F)F)cc1Cl. The Morgan fingerprint density at radius 1 is 1.33 bits per heavy atom. The highest BCUT2D eigenvalue weighted by molar-refractivity contribution is 6.31. The number of hydrogen-bond donors (Lipinski definition) is 0. The number of alkyl halides is 3. The van der Waals surface area contributed by atoms with Gasteiger partial charge in [0.25, 0.3) is 5.69 Å². The topological polar surface area (TPSA) is 128 Å². The second-order valence-electron chi connectivity index (χ2n) is 5.82. The Morgan fingerprint density at radius 2 is 2.07 bits per heavy atom. The second kappa shape index (κ2) is 7.88. The normalized spacial score (nSPS) is 12.2. The zero-order valence-corrected chi connectivity index (χ0v) is 15.3. The van der Waals surface area contributed by atoms with E-state index < -0.39 is 39.1 Å². The Bertz CT molecular complexity index is 1170. The van der Waals surface area contributed by atoms with Gasteiger partial charge in [-0.2, -0.15) is 23.5 Å². The highest BCUT2D eigenvalue weighted by Gasteiger charge is 2.34. The lowest BCUT2D eigenvalue weighted by Gasteiger charge is -2.13. The Morgan fingerprint density at radius 3 is 2.60 bits per heavy atom. The average Bonchev–Trinajstić information content (AvgIpc) is 3.23. The number of nitro groups is 1. The molecule has 0 aliphatic carbocycles. The van der Waals surface area contributed by atoms with Crippen molar-refractivity contribution in [1.29, 1.82) is 5.26 Å². The van der Waals surface area contributed by atoms with Crippen LogP contribution in [0.3, 0.4) is 0 Å². The Balaban J connectivity index is 2.02. The van der Waals surface area contributed by atoms with Gasteiger partial charge in [-0.1, -0.05) is 11.6 Å². The summed E-state index contributed by atoms with van der Waals surface area (Å²) in [7, 11) is 0. The molecule has 0 saturated heterocycles. The van der Waals surface area contributed by atoms with Crippen molar-refractivity contribution in [3.05, 3.63) is 75.1 Å². The number of ketones is 1. The van der Waals surface area contributed by atoms with Gasteiger partial charge in [0.2, 0.25) is 0 Å². The molecule has 0 aliphatic heterocycles. The van der Waals surface area contributed by atoms with E-state index in [4.69, 9.17) is 11.6 Å². The predicted molar refractivity (Wildman–Crippen MR) is 94.9 cm³/mol. The quantitative estimate of drug-likeness (QED) is 0.338. The summed E-state index contributed by atoms with van der Waals surface area (Å²) in [5, 5.41) is 24.1. The fourth-order valence-corrected chi connectivity index (χ4v) is 2.85. The minimum Gasteiger partial charge on any atom is -0.292 e. The van der Waals surface area contributed by atoms with Crippen molar-refractivity contribution in [2.75, 3.05) is 0 Å². The molecule has 3 rings (SSSR count). The molecule has 2 heterocycles. The molecule has 0 amide bonds. The summed E-state index contributed by atoms with van der Waals surface area (Å²) in [5.74, 6) is -2.59. The van der Waals surface area contributed by atoms with Crippen molar-refractivity contribution >= 4 is 23.1 Å². The van der Waals surface area contributed by atoms with Crippen LogP contribution in [-0.4, -0.2) is 30.5 Å². The lowest BCUT2D eigenvalue weighted by atomic mass is 9.94. The first-order valence-electron chi connectivity index (χ1n) is 7.93. The number of Topliss-reactive ketones (excluding diaryl/α,β-unsaturated/α-hetero) is 1. The molecule has 0 radical (unpaired) electrons. The Labute approximate surface area is 170 Å². The van der Waals surface area contributed by atoms with E-state index in [0.717, 1.165) is 17.1 Å². The monoisotopic (exact) mass is 436 g/mol. The van der Waals surface area contributed by atoms with Crippen LogP contribution in [0.2, 0.25) is 5.02 Å². The highest BCUT2D eigenvalue weighted by Crippen LogP contribution is 2.34. The molecule has 30 heavy (non-hydrogen) atoms. The van der Waals surface area contributed by atoms with Crippen molar-refractivity contribution in [2.24, 2.45) is 0 Å². The third-order valence-corrected chi connectivity index (χ3v) is 4.29. The van der Waals surface area contributed by atoms with E-state index in [-0.39, 0.29) is 16.9 Å². The zero-order valence-electron chi connectivity index (χ0n) is 14.5. The Kier molecular flexibility index (Phi) is 5.48. The van der Waals surface area contributed by atoms with E-state index in [9.17, 15) is 33.3 Å². The van der Waals surface area contributed by atoms with E-state index >= 15 is 0 Å². The van der Waals surface area contributed by atoms with E-state index in [1.165, 1.54) is 18.5 Å². The highest BCUT2D eigenvalue weighted by atomic mass is 35.5. The van der Waals surface area contributed by atoms with Gasteiger partial charge in [-0.25, -0.2) is 9.67 Å². The number of nitrogens with zero attached hydrogens (tertiary/aromatic N) is 6. The maximum Gasteiger partial charge on any atom is 0.417 e. The molecule has 0 N–H and O–H groups in total. The van der Waals surface area contributed by atoms with Gasteiger partial charge >= 0.3 is 6.18 Å². The summed E-state index contributed by atoms with van der Waals surface area (Å²) in [6.07, 6.45) is -1.88. The molecule has 1 unspecified atom stereocenters. The second-order valence-corrected chi connectivity index (χ2v) is 6.22. The number of hydrogen-bond acceptors (Lipinski definition) is 7. The molecule has 9 nitrogen and oxygen atoms in total. The van der Waals surface area contributed by atoms with Gasteiger partial charge in [0.05, 0.1) is 27.3 Å². The molecular formula is C17H8ClF3N6O3. The molecule has 0 bridgehead atoms. The fraction of sp³-hybridized carbons (Fsp3) is 0.118. The summed E-state index contributed by atoms with van der Waals surface area (Å²) in [6, 6.07) is 5.57. The van der Waals surface area contributed by atoms with Crippen LogP contribution in [0.15, 0.2) is 43.1 Å². The van der Waals surface area contributed by atoms with E-state index in [2.05, 4.69) is 15.1 Å². The largest absolute Gasteiger partial charge is 0.417 e. The van der Waals surface area contributed by atoms with Gasteiger partial charge in [0.1, 0.15) is 18.3 Å². The van der Waals surface area contributed by atoms with Crippen molar-refractivity contribution < 1.29 is 22.9 Å². The molecular weight excluding hydrogens is 429 g/mol. The molecule has 13 heteroatoms. The van der Waals surface area contributed by atoms with Gasteiger partial charge in [-0.3, -0.25) is 19.9 Å². The number of aromatic nitrogens is 4. The molecule has 1 atom stereocenters. The standard InChI is InChI=1S/C17H8ClF3N6O3/c18-12-4-10(17(19,20)21)6-24-15(12)11(5-22)16(28)9-1-2-13(14(3-9)27(29)30)26-8-23-7-25-26/h1-4,6-8,11H. The first-order valence-corrected chi connectivity index (χ1v) is 8.31. The van der Waals surface area contributed by atoms with E-state index in [0.29, 0.717) is 12.3 Å². The van der Waals surface area contributed by atoms with Crippen LogP contribution in [0, 0.1) is 21.4 Å². The summed E-state index contributed by atoms with van der Waals surface area (Å²) >= 11 is 5.82. The minimum atomic E-state index is -4.71. The van der Waals surface area contributed by atoms with Gasteiger partial charge < -0.3 is 0 Å². The third-order valence-electron chi connectivity index (χ3n) is 3.98. The van der Waals surface area contributed by atoms with E-state index in [1.807, 2.05) is 0 Å². The average molecular weight is 437 g/mol. The summed E-state index contributed by atoms with van der Waals surface area (Å²) < 4.78 is 39.4. The number of nitro benzene ring substituents is 1. The van der Waals surface area contributed by atoms with Crippen LogP contribution in [-0.2, 0) is 6.18 Å². The predicted octanol–water partition coefficient (Wildman–Crippen LogP) is 3.73. The number of halogens is 4. The first-order chi connectivity index (χ1) is 14.1. The zero-order chi connectivity index (χ0) is 22.1. The van der Waals surface area contributed by atoms with Crippen molar-refractivity contribution in [1.82, 2.24) is 19.7 Å². The summed E-state index contributed by atoms with van der Waals surface area (Å²) in [4.78, 5) is 30.7. The number of nitriles is 1. The first kappa shape index (κ1) is 20.9. The van der Waals surface area contributed by atoms with Gasteiger partial charge in [-0.15, -0.1) is 0 Å². The molecule has 1 aromatic carbocycles. The van der Waals surface area contributed by atoms with Crippen LogP contribution in [0.5, 0.6) is 0 Å². The number of pyridine rings is 1. The number of carbonyl (C=O) groups excluding carboxylic acids is 1. The number of rotatable bonds is 5. The third kappa shape index (κ3) is 3.96. The smallest absolute Gasteiger partial charge is 0.292 e. The van der Waals surface area contributed by atoms with Gasteiger partial charge in [0, 0.05) is 17.8 Å². The maximum absolute atomic E-state index is 12.8. The number of carbonyl (C=O) groups is 1. The fourth-order valence-electron chi connectivity index (χ4n) is 2.58. The number of benzene rings is 1. The molecule has 152 valence electrons. The molecule has 0 fully saturated rings. The van der Waals surface area contributed by atoms with Crippen LogP contribution in [0.1, 0.15) is 27.5 Å². The summed E-state index contributed by atoms with van der Waals surface area (Å²) in [5.41, 5.74) is -2.23. The molecule has 3 aromatic rings.